The molecule has 0 aliphatic heterocycles. The van der Waals surface area contributed by atoms with E-state index in [1.807, 2.05) is 30.3 Å². The number of carbonyl (C=O) groups excluding carboxylic acids is 1. The molecule has 84 valence electrons. The molecule has 1 aromatic rings. The van der Waals surface area contributed by atoms with E-state index >= 15 is 0 Å². The van der Waals surface area contributed by atoms with Crippen molar-refractivity contribution in [3.05, 3.63) is 42.3 Å². The summed E-state index contributed by atoms with van der Waals surface area (Å²) in [4.78, 5) is 11.3. The first-order chi connectivity index (χ1) is 7.53. The number of nitrogens with one attached hydrogen (secondary N) is 1. The van der Waals surface area contributed by atoms with Crippen LogP contribution < -0.4 is 24.2 Å². The van der Waals surface area contributed by atoms with Crippen LogP contribution >= 0.6 is 0 Å². The maximum atomic E-state index is 11.3. The fourth-order valence-corrected chi connectivity index (χ4v) is 1.05. The minimum Gasteiger partial charge on any atom is -0.691 e. The molecule has 0 atom stereocenters. The van der Waals surface area contributed by atoms with Crippen LogP contribution in [0.4, 0.5) is 4.79 Å². The first-order valence-electron chi connectivity index (χ1n) is 4.96. The summed E-state index contributed by atoms with van der Waals surface area (Å²) in [6.07, 6.45) is 6.43. The van der Waals surface area contributed by atoms with E-state index in [1.165, 1.54) is 0 Å². The molecule has 0 fully saturated rings. The van der Waals surface area contributed by atoms with Gasteiger partial charge in [-0.15, -0.1) is 0 Å². The molecule has 1 N–H and O–H groups in total. The van der Waals surface area contributed by atoms with Crippen molar-refractivity contribution in [3.8, 4) is 5.92 Å². The van der Waals surface area contributed by atoms with Gasteiger partial charge in [0, 0.05) is 0 Å². The van der Waals surface area contributed by atoms with E-state index in [9.17, 15) is 4.79 Å². The fraction of sp³-hybridized carbons (Fsp3) is 0.308. The van der Waals surface area contributed by atoms with Gasteiger partial charge in [0.25, 0.3) is 0 Å². The molecule has 17 heavy (non-hydrogen) atoms. The average molecular weight is 223 g/mol. The second kappa shape index (κ2) is 7.07. The molecule has 1 rings (SSSR count). The predicted octanol–water partition coefficient (Wildman–Crippen LogP) is -0.715. The molecule has 0 aromatic heterocycles. The average Bonchev–Trinajstić information content (AvgIpc) is 2.27. The Labute approximate surface area is 114 Å². The van der Waals surface area contributed by atoms with Gasteiger partial charge in [-0.2, -0.15) is 0 Å². The van der Waals surface area contributed by atoms with Crippen LogP contribution in [0.25, 0.3) is 0 Å². The molecule has 0 aliphatic rings. The molecule has 0 unspecified atom stereocenters. The zero-order valence-corrected chi connectivity index (χ0v) is 10.4. The first kappa shape index (κ1) is 15.6. The van der Waals surface area contributed by atoms with Crippen molar-refractivity contribution in [2.75, 3.05) is 0 Å². The molecule has 4 heteroatoms. The Balaban J connectivity index is 0.00000256. The normalized spacial score (nSPS) is 9.71. The van der Waals surface area contributed by atoms with Crippen LogP contribution in [0.3, 0.4) is 0 Å². The smallest absolute Gasteiger partial charge is 0.691 e. The summed E-state index contributed by atoms with van der Waals surface area (Å²) in [6, 6.07) is 9.41. The Hall–Kier alpha value is -1.35. The van der Waals surface area contributed by atoms with Crippen molar-refractivity contribution in [1.82, 2.24) is 5.32 Å². The zero-order valence-electron chi connectivity index (χ0n) is 10.4. The standard InChI is InChI=1S/C13H14NO2.Li/c1-4-13(2,3)14-12(15)16-10-11-8-6-5-7-9-11;/h5-9H,10H2,2-3H3,(H,14,15);/q-1;+1. The van der Waals surface area contributed by atoms with Gasteiger partial charge in [0.05, 0.1) is 5.54 Å². The summed E-state index contributed by atoms with van der Waals surface area (Å²) in [6.45, 7) is 3.56. The number of carbonyl (C=O) groups is 1. The molecule has 0 radical (unpaired) electrons. The molecule has 0 bridgehead atoms. The summed E-state index contributed by atoms with van der Waals surface area (Å²) >= 11 is 0. The predicted molar refractivity (Wildman–Crippen MR) is 61.0 cm³/mol. The third-order valence-electron chi connectivity index (χ3n) is 1.94. The Kier molecular flexibility index (Phi) is 6.50. The van der Waals surface area contributed by atoms with E-state index in [2.05, 4.69) is 11.2 Å². The number of rotatable bonds is 3. The number of benzene rings is 1. The molecule has 1 aromatic carbocycles. The maximum absolute atomic E-state index is 11.3. The Morgan fingerprint density at radius 1 is 1.41 bits per heavy atom. The number of amides is 1. The summed E-state index contributed by atoms with van der Waals surface area (Å²) in [5, 5.41) is 2.52. The van der Waals surface area contributed by atoms with Gasteiger partial charge < -0.3 is 22.4 Å². The van der Waals surface area contributed by atoms with E-state index in [1.54, 1.807) is 13.8 Å². The van der Waals surface area contributed by atoms with Crippen molar-refractivity contribution in [1.29, 1.82) is 0 Å². The van der Waals surface area contributed by atoms with E-state index < -0.39 is 11.6 Å². The number of hydrogen-bond donors (Lipinski definition) is 1. The fourth-order valence-electron chi connectivity index (χ4n) is 1.05. The quantitative estimate of drug-likeness (QED) is 0.417. The van der Waals surface area contributed by atoms with E-state index in [0.29, 0.717) is 0 Å². The van der Waals surface area contributed by atoms with Crippen molar-refractivity contribution >= 4 is 6.09 Å². The molecule has 0 spiro atoms. The van der Waals surface area contributed by atoms with Crippen LogP contribution in [0.5, 0.6) is 0 Å². The Morgan fingerprint density at radius 2 is 2.00 bits per heavy atom. The topological polar surface area (TPSA) is 38.3 Å². The van der Waals surface area contributed by atoms with Crippen molar-refractivity contribution in [3.63, 3.8) is 0 Å². The van der Waals surface area contributed by atoms with Crippen molar-refractivity contribution in [2.45, 2.75) is 26.0 Å². The van der Waals surface area contributed by atoms with Gasteiger partial charge in [-0.25, -0.2) is 4.79 Å². The van der Waals surface area contributed by atoms with Crippen molar-refractivity contribution < 1.29 is 28.4 Å². The SMILES string of the molecule is [C-]#CC(C)(C)NC(=O)OCc1ccccc1.[Li+]. The van der Waals surface area contributed by atoms with Crippen LogP contribution in [0.1, 0.15) is 19.4 Å². The van der Waals surface area contributed by atoms with Crippen molar-refractivity contribution in [2.24, 2.45) is 0 Å². The molecular formula is C13H14LiNO2. The van der Waals surface area contributed by atoms with Gasteiger partial charge in [0.15, 0.2) is 0 Å². The van der Waals surface area contributed by atoms with Gasteiger partial charge in [0.2, 0.25) is 0 Å². The maximum Gasteiger partial charge on any atom is 1.00 e. The van der Waals surface area contributed by atoms with E-state index in [0.717, 1.165) is 5.56 Å². The second-order valence-corrected chi connectivity index (χ2v) is 3.94. The number of alkyl carbamates (subject to hydrolysis) is 1. The summed E-state index contributed by atoms with van der Waals surface area (Å²) in [7, 11) is 0. The van der Waals surface area contributed by atoms with Gasteiger partial charge in [0.1, 0.15) is 6.61 Å². The molecule has 0 heterocycles. The van der Waals surface area contributed by atoms with Crippen LogP contribution in [0.15, 0.2) is 30.3 Å². The summed E-state index contributed by atoms with van der Waals surface area (Å²) in [5.74, 6) is 2.21. The Bertz CT molecular complexity index is 396. The molecule has 0 saturated carbocycles. The number of ether oxygens (including phenoxy) is 1. The van der Waals surface area contributed by atoms with Crippen LogP contribution in [0, 0.1) is 12.3 Å². The second-order valence-electron chi connectivity index (χ2n) is 3.94. The summed E-state index contributed by atoms with van der Waals surface area (Å²) < 4.78 is 4.99. The molecule has 1 amide bonds. The van der Waals surface area contributed by atoms with Crippen LogP contribution in [-0.4, -0.2) is 11.6 Å². The van der Waals surface area contributed by atoms with Crippen LogP contribution in [-0.2, 0) is 11.3 Å². The minimum absolute atomic E-state index is 0. The first-order valence-corrected chi connectivity index (χ1v) is 4.96. The van der Waals surface area contributed by atoms with E-state index in [4.69, 9.17) is 11.2 Å². The molecule has 3 nitrogen and oxygen atoms in total. The largest absolute Gasteiger partial charge is 1.00 e. The third kappa shape index (κ3) is 6.07. The van der Waals surface area contributed by atoms with Gasteiger partial charge in [-0.05, 0) is 19.4 Å². The zero-order chi connectivity index (χ0) is 12.0. The minimum atomic E-state index is -0.798. The molecule has 0 saturated heterocycles. The summed E-state index contributed by atoms with van der Waals surface area (Å²) in [5.41, 5.74) is 0.127. The number of hydrogen-bond acceptors (Lipinski definition) is 2. The van der Waals surface area contributed by atoms with Gasteiger partial charge in [-0.1, -0.05) is 30.3 Å². The van der Waals surface area contributed by atoms with E-state index in [-0.39, 0.29) is 25.5 Å². The monoisotopic (exact) mass is 223 g/mol. The molecular weight excluding hydrogens is 209 g/mol. The molecule has 0 aliphatic carbocycles. The van der Waals surface area contributed by atoms with Gasteiger partial charge in [-0.3, -0.25) is 0 Å². The van der Waals surface area contributed by atoms with Gasteiger partial charge >= 0.3 is 25.0 Å². The van der Waals surface area contributed by atoms with Crippen LogP contribution in [0.2, 0.25) is 0 Å². The Morgan fingerprint density at radius 3 is 2.53 bits per heavy atom. The third-order valence-corrected chi connectivity index (χ3v) is 1.94.